The van der Waals surface area contributed by atoms with Crippen molar-refractivity contribution in [3.8, 4) is 0 Å². The molecule has 2 fully saturated rings. The minimum atomic E-state index is 0.0517. The van der Waals surface area contributed by atoms with Crippen LogP contribution in [0.1, 0.15) is 68.1 Å². The van der Waals surface area contributed by atoms with Gasteiger partial charge in [0.2, 0.25) is 5.91 Å². The number of piperidine rings is 1. The van der Waals surface area contributed by atoms with Crippen LogP contribution in [0, 0.1) is 5.92 Å². The van der Waals surface area contributed by atoms with Gasteiger partial charge in [0.25, 0.3) is 5.91 Å². The number of hydrogen-bond acceptors (Lipinski definition) is 3. The molecule has 1 saturated heterocycles. The van der Waals surface area contributed by atoms with E-state index < -0.39 is 0 Å². The molecule has 1 saturated carbocycles. The van der Waals surface area contributed by atoms with Crippen molar-refractivity contribution in [3.05, 3.63) is 23.8 Å². The highest BCUT2D eigenvalue weighted by Crippen LogP contribution is 2.29. The minimum absolute atomic E-state index is 0.0517. The van der Waals surface area contributed by atoms with E-state index >= 15 is 0 Å². The molecule has 148 valence electrons. The first kappa shape index (κ1) is 19.7. The fourth-order valence-electron chi connectivity index (χ4n) is 4.30. The van der Waals surface area contributed by atoms with Gasteiger partial charge >= 0.3 is 0 Å². The molecule has 0 spiro atoms. The van der Waals surface area contributed by atoms with Crippen LogP contribution in [0.5, 0.6) is 0 Å². The molecule has 1 aromatic carbocycles. The van der Waals surface area contributed by atoms with Gasteiger partial charge < -0.3 is 15.1 Å². The number of hydrogen-bond donors (Lipinski definition) is 1. The van der Waals surface area contributed by atoms with Crippen molar-refractivity contribution in [3.63, 3.8) is 0 Å². The molecule has 0 aromatic heterocycles. The predicted molar refractivity (Wildman–Crippen MR) is 110 cm³/mol. The Balaban J connectivity index is 1.68. The molecular formula is C22H33N3O2. The lowest BCUT2D eigenvalue weighted by Crippen LogP contribution is -2.36. The van der Waals surface area contributed by atoms with E-state index in [-0.39, 0.29) is 11.8 Å². The largest absolute Gasteiger partial charge is 0.377 e. The Morgan fingerprint density at radius 1 is 1.07 bits per heavy atom. The molecule has 0 atom stereocenters. The molecule has 1 aromatic rings. The van der Waals surface area contributed by atoms with Gasteiger partial charge in [-0.1, -0.05) is 25.7 Å². The van der Waals surface area contributed by atoms with E-state index in [1.807, 2.05) is 42.1 Å². The summed E-state index contributed by atoms with van der Waals surface area (Å²) in [7, 11) is 3.89. The van der Waals surface area contributed by atoms with Crippen molar-refractivity contribution in [2.45, 2.75) is 57.8 Å². The summed E-state index contributed by atoms with van der Waals surface area (Å²) in [6, 6.07) is 5.68. The number of amides is 2. The fourth-order valence-corrected chi connectivity index (χ4v) is 4.30. The first-order valence-electron chi connectivity index (χ1n) is 10.4. The molecule has 0 unspecified atom stereocenters. The van der Waals surface area contributed by atoms with Crippen LogP contribution in [0.3, 0.4) is 0 Å². The standard InChI is InChI=1S/C22H33N3O2/c1-24(2)20-12-11-18(23-21(26)13-10-17-8-4-5-9-17)16-19(20)22(27)25-14-6-3-7-15-25/h11-12,16-17H,3-10,13-15H2,1-2H3,(H,23,26). The van der Waals surface area contributed by atoms with E-state index in [0.717, 1.165) is 43.7 Å². The molecule has 1 aliphatic heterocycles. The number of anilines is 2. The Morgan fingerprint density at radius 3 is 2.44 bits per heavy atom. The van der Waals surface area contributed by atoms with E-state index in [0.29, 0.717) is 17.9 Å². The molecule has 1 aliphatic carbocycles. The normalized spacial score (nSPS) is 17.8. The van der Waals surface area contributed by atoms with Crippen LogP contribution in [-0.4, -0.2) is 43.9 Å². The van der Waals surface area contributed by atoms with Crippen LogP contribution < -0.4 is 10.2 Å². The van der Waals surface area contributed by atoms with Crippen molar-refractivity contribution in [1.29, 1.82) is 0 Å². The van der Waals surface area contributed by atoms with Crippen LogP contribution in [0.15, 0.2) is 18.2 Å². The van der Waals surface area contributed by atoms with Gasteiger partial charge in [0.15, 0.2) is 0 Å². The Hall–Kier alpha value is -2.04. The van der Waals surface area contributed by atoms with Gasteiger partial charge in [0.1, 0.15) is 0 Å². The number of likely N-dealkylation sites (tertiary alicyclic amines) is 1. The maximum atomic E-state index is 13.0. The monoisotopic (exact) mass is 371 g/mol. The summed E-state index contributed by atoms with van der Waals surface area (Å²) < 4.78 is 0. The molecule has 27 heavy (non-hydrogen) atoms. The molecule has 2 amide bonds. The van der Waals surface area contributed by atoms with E-state index in [1.165, 1.54) is 32.1 Å². The second kappa shape index (κ2) is 9.25. The summed E-state index contributed by atoms with van der Waals surface area (Å²) in [4.78, 5) is 29.3. The predicted octanol–water partition coefficient (Wildman–Crippen LogP) is 4.29. The second-order valence-corrected chi connectivity index (χ2v) is 8.22. The average Bonchev–Trinajstić information content (AvgIpc) is 3.20. The lowest BCUT2D eigenvalue weighted by Gasteiger charge is -2.28. The number of nitrogens with one attached hydrogen (secondary N) is 1. The van der Waals surface area contributed by atoms with Gasteiger partial charge in [-0.2, -0.15) is 0 Å². The van der Waals surface area contributed by atoms with Gasteiger partial charge in [0, 0.05) is 45.0 Å². The lowest BCUT2D eigenvalue weighted by molar-refractivity contribution is -0.116. The number of rotatable bonds is 6. The highest BCUT2D eigenvalue weighted by molar-refractivity contribution is 6.02. The van der Waals surface area contributed by atoms with Gasteiger partial charge in [-0.3, -0.25) is 9.59 Å². The number of nitrogens with zero attached hydrogens (tertiary/aromatic N) is 2. The first-order valence-corrected chi connectivity index (χ1v) is 10.4. The fraction of sp³-hybridized carbons (Fsp3) is 0.636. The molecule has 0 radical (unpaired) electrons. The van der Waals surface area contributed by atoms with Crippen LogP contribution in [-0.2, 0) is 4.79 Å². The molecule has 5 nitrogen and oxygen atoms in total. The maximum absolute atomic E-state index is 13.0. The molecule has 2 aliphatic rings. The van der Waals surface area contributed by atoms with E-state index in [9.17, 15) is 9.59 Å². The number of carbonyl (C=O) groups is 2. The Labute approximate surface area is 163 Å². The highest BCUT2D eigenvalue weighted by atomic mass is 16.2. The molecular weight excluding hydrogens is 338 g/mol. The van der Waals surface area contributed by atoms with Crippen molar-refractivity contribution in [2.75, 3.05) is 37.4 Å². The first-order chi connectivity index (χ1) is 13.0. The summed E-state index contributed by atoms with van der Waals surface area (Å²) >= 11 is 0. The summed E-state index contributed by atoms with van der Waals surface area (Å²) in [5, 5.41) is 3.00. The third kappa shape index (κ3) is 5.24. The Bertz CT molecular complexity index is 660. The van der Waals surface area contributed by atoms with Crippen molar-refractivity contribution >= 4 is 23.2 Å². The topological polar surface area (TPSA) is 52.7 Å². The van der Waals surface area contributed by atoms with Crippen LogP contribution in [0.2, 0.25) is 0 Å². The van der Waals surface area contributed by atoms with Crippen molar-refractivity contribution in [2.24, 2.45) is 5.92 Å². The third-order valence-electron chi connectivity index (χ3n) is 5.89. The highest BCUT2D eigenvalue weighted by Gasteiger charge is 2.22. The Kier molecular flexibility index (Phi) is 6.75. The molecule has 1 N–H and O–H groups in total. The molecule has 3 rings (SSSR count). The van der Waals surface area contributed by atoms with Gasteiger partial charge in [0.05, 0.1) is 5.56 Å². The van der Waals surface area contributed by atoms with E-state index in [4.69, 9.17) is 0 Å². The van der Waals surface area contributed by atoms with Crippen molar-refractivity contribution in [1.82, 2.24) is 4.90 Å². The number of carbonyl (C=O) groups excluding carboxylic acids is 2. The minimum Gasteiger partial charge on any atom is -0.377 e. The zero-order valence-electron chi connectivity index (χ0n) is 16.8. The average molecular weight is 372 g/mol. The maximum Gasteiger partial charge on any atom is 0.256 e. The third-order valence-corrected chi connectivity index (χ3v) is 5.89. The summed E-state index contributed by atoms with van der Waals surface area (Å²) in [6.07, 6.45) is 10.0. The van der Waals surface area contributed by atoms with Gasteiger partial charge in [-0.05, 0) is 49.8 Å². The van der Waals surface area contributed by atoms with E-state index in [2.05, 4.69) is 5.32 Å². The zero-order valence-corrected chi connectivity index (χ0v) is 16.8. The quantitative estimate of drug-likeness (QED) is 0.812. The zero-order chi connectivity index (χ0) is 19.2. The van der Waals surface area contributed by atoms with Crippen LogP contribution >= 0.6 is 0 Å². The molecule has 5 heteroatoms. The van der Waals surface area contributed by atoms with E-state index in [1.54, 1.807) is 0 Å². The van der Waals surface area contributed by atoms with Crippen molar-refractivity contribution < 1.29 is 9.59 Å². The van der Waals surface area contributed by atoms with Gasteiger partial charge in [-0.25, -0.2) is 0 Å². The summed E-state index contributed by atoms with van der Waals surface area (Å²) in [6.45, 7) is 1.65. The summed E-state index contributed by atoms with van der Waals surface area (Å²) in [5.41, 5.74) is 2.29. The van der Waals surface area contributed by atoms with Gasteiger partial charge in [-0.15, -0.1) is 0 Å². The smallest absolute Gasteiger partial charge is 0.256 e. The second-order valence-electron chi connectivity index (χ2n) is 8.22. The Morgan fingerprint density at radius 2 is 1.78 bits per heavy atom. The van der Waals surface area contributed by atoms with Crippen LogP contribution in [0.25, 0.3) is 0 Å². The molecule has 0 bridgehead atoms. The van der Waals surface area contributed by atoms with Crippen LogP contribution in [0.4, 0.5) is 11.4 Å². The number of benzene rings is 1. The molecule has 1 heterocycles. The SMILES string of the molecule is CN(C)c1ccc(NC(=O)CCC2CCCC2)cc1C(=O)N1CCCCC1. The lowest BCUT2D eigenvalue weighted by atomic mass is 10.0. The summed E-state index contributed by atoms with van der Waals surface area (Å²) in [5.74, 6) is 0.833.